The van der Waals surface area contributed by atoms with Crippen molar-refractivity contribution >= 4 is 17.5 Å². The molecule has 194 valence electrons. The number of anilines is 1. The number of nitrogens with zero attached hydrogens (tertiary/aromatic N) is 5. The Hall–Kier alpha value is -4.06. The number of hydrogen-bond acceptors (Lipinski definition) is 7. The number of halogens is 3. The average Bonchev–Trinajstić information content (AvgIpc) is 3.51. The summed E-state index contributed by atoms with van der Waals surface area (Å²) in [5.74, 6) is -0.0332. The fourth-order valence-electron chi connectivity index (χ4n) is 4.07. The van der Waals surface area contributed by atoms with Gasteiger partial charge >= 0.3 is 6.36 Å². The van der Waals surface area contributed by atoms with Crippen molar-refractivity contribution in [2.75, 3.05) is 38.0 Å². The Morgan fingerprint density at radius 2 is 1.84 bits per heavy atom. The van der Waals surface area contributed by atoms with Crippen LogP contribution in [-0.4, -0.2) is 65.9 Å². The number of aromatic nitrogens is 2. The summed E-state index contributed by atoms with van der Waals surface area (Å²) in [7, 11) is 0. The Morgan fingerprint density at radius 3 is 2.57 bits per heavy atom. The molecule has 0 bridgehead atoms. The number of carbonyl (C=O) groups excluding carboxylic acids is 1. The van der Waals surface area contributed by atoms with Crippen LogP contribution >= 0.6 is 0 Å². The molecule has 2 aliphatic heterocycles. The van der Waals surface area contributed by atoms with Crippen LogP contribution in [0.25, 0.3) is 0 Å². The minimum absolute atomic E-state index is 0.0187. The third kappa shape index (κ3) is 5.85. The predicted octanol–water partition coefficient (Wildman–Crippen LogP) is 3.77. The van der Waals surface area contributed by atoms with Gasteiger partial charge in [0.2, 0.25) is 0 Å². The lowest BCUT2D eigenvalue weighted by Crippen LogP contribution is -2.40. The Kier molecular flexibility index (Phi) is 6.74. The van der Waals surface area contributed by atoms with Crippen molar-refractivity contribution in [3.63, 3.8) is 0 Å². The van der Waals surface area contributed by atoms with Crippen LogP contribution in [-0.2, 0) is 16.0 Å². The number of morpholine rings is 1. The first-order chi connectivity index (χ1) is 17.7. The van der Waals surface area contributed by atoms with E-state index in [-0.39, 0.29) is 18.4 Å². The number of aryl methyl sites for hydroxylation is 1. The first-order valence-electron chi connectivity index (χ1n) is 11.6. The normalized spacial score (nSPS) is 15.9. The van der Waals surface area contributed by atoms with Crippen LogP contribution < -0.4 is 9.75 Å². The van der Waals surface area contributed by atoms with Gasteiger partial charge in [0.15, 0.2) is 6.73 Å². The molecular formula is C25H24F3N5O4. The van der Waals surface area contributed by atoms with Crippen molar-refractivity contribution in [2.45, 2.75) is 19.8 Å². The summed E-state index contributed by atoms with van der Waals surface area (Å²) < 4.78 is 53.9. The molecule has 12 heteroatoms. The highest BCUT2D eigenvalue weighted by atomic mass is 19.4. The Bertz CT molecular complexity index is 1300. The SMILES string of the molecule is Cc1cc(C2=NN(c3ccc(OC(F)(F)F)cc3)CO2)nn1Cc1cccc(C(=O)N2CCOCC2)c1. The number of hydrazone groups is 1. The number of rotatable bonds is 6. The van der Waals surface area contributed by atoms with E-state index in [4.69, 9.17) is 9.47 Å². The van der Waals surface area contributed by atoms with Crippen molar-refractivity contribution in [1.29, 1.82) is 0 Å². The maximum absolute atomic E-state index is 12.8. The fourth-order valence-corrected chi connectivity index (χ4v) is 4.07. The number of amides is 1. The first-order valence-corrected chi connectivity index (χ1v) is 11.6. The predicted molar refractivity (Wildman–Crippen MR) is 127 cm³/mol. The summed E-state index contributed by atoms with van der Waals surface area (Å²) >= 11 is 0. The summed E-state index contributed by atoms with van der Waals surface area (Å²) in [6, 6.07) is 14.7. The Morgan fingerprint density at radius 1 is 1.08 bits per heavy atom. The van der Waals surface area contributed by atoms with Crippen molar-refractivity contribution in [3.05, 3.63) is 77.1 Å². The van der Waals surface area contributed by atoms with Crippen LogP contribution in [0.1, 0.15) is 27.3 Å². The standard InChI is InChI=1S/C25H24F3N5O4/c1-17-13-22(23-30-33(16-36-23)20-5-7-21(8-6-20)37-25(26,27)28)29-32(17)15-18-3-2-4-19(14-18)24(34)31-9-11-35-12-10-31/h2-8,13-14H,9-12,15-16H2,1H3. The Labute approximate surface area is 210 Å². The second-order valence-electron chi connectivity index (χ2n) is 8.55. The zero-order valence-corrected chi connectivity index (χ0v) is 19.9. The minimum atomic E-state index is -4.75. The van der Waals surface area contributed by atoms with Crippen LogP contribution in [0.2, 0.25) is 0 Å². The zero-order valence-electron chi connectivity index (χ0n) is 19.9. The molecule has 1 fully saturated rings. The summed E-state index contributed by atoms with van der Waals surface area (Å²) in [6.07, 6.45) is -4.75. The second kappa shape index (κ2) is 10.1. The molecule has 0 N–H and O–H groups in total. The quantitative estimate of drug-likeness (QED) is 0.497. The van der Waals surface area contributed by atoms with Crippen molar-refractivity contribution < 1.29 is 32.2 Å². The van der Waals surface area contributed by atoms with Gasteiger partial charge < -0.3 is 19.1 Å². The lowest BCUT2D eigenvalue weighted by Gasteiger charge is -2.27. The maximum Gasteiger partial charge on any atom is 0.573 e. The van der Waals surface area contributed by atoms with Crippen LogP contribution in [0.4, 0.5) is 18.9 Å². The number of ether oxygens (including phenoxy) is 3. The molecule has 1 aromatic heterocycles. The molecule has 0 spiro atoms. The van der Waals surface area contributed by atoms with Crippen LogP contribution in [0.15, 0.2) is 59.7 Å². The maximum atomic E-state index is 12.8. The van der Waals surface area contributed by atoms with Gasteiger partial charge in [-0.2, -0.15) is 5.10 Å². The molecule has 0 saturated carbocycles. The first kappa shape index (κ1) is 24.6. The molecule has 5 rings (SSSR count). The van der Waals surface area contributed by atoms with Crippen LogP contribution in [0.5, 0.6) is 5.75 Å². The lowest BCUT2D eigenvalue weighted by molar-refractivity contribution is -0.274. The molecular weight excluding hydrogens is 491 g/mol. The average molecular weight is 515 g/mol. The van der Waals surface area contributed by atoms with E-state index in [1.54, 1.807) is 15.6 Å². The third-order valence-electron chi connectivity index (χ3n) is 5.91. The van der Waals surface area contributed by atoms with Gasteiger partial charge in [-0.15, -0.1) is 18.3 Å². The highest BCUT2D eigenvalue weighted by Crippen LogP contribution is 2.27. The molecule has 0 radical (unpaired) electrons. The monoisotopic (exact) mass is 515 g/mol. The summed E-state index contributed by atoms with van der Waals surface area (Å²) in [6.45, 7) is 4.69. The van der Waals surface area contributed by atoms with Gasteiger partial charge in [0.1, 0.15) is 11.4 Å². The second-order valence-corrected chi connectivity index (χ2v) is 8.55. The molecule has 9 nitrogen and oxygen atoms in total. The smallest absolute Gasteiger partial charge is 0.452 e. The van der Waals surface area contributed by atoms with E-state index in [1.807, 2.05) is 31.2 Å². The van der Waals surface area contributed by atoms with Crippen molar-refractivity contribution in [1.82, 2.24) is 14.7 Å². The van der Waals surface area contributed by atoms with E-state index >= 15 is 0 Å². The van der Waals surface area contributed by atoms with Gasteiger partial charge in [-0.25, -0.2) is 5.01 Å². The lowest BCUT2D eigenvalue weighted by atomic mass is 10.1. The van der Waals surface area contributed by atoms with Crippen molar-refractivity contribution in [3.8, 4) is 5.75 Å². The molecule has 0 aliphatic carbocycles. The highest BCUT2D eigenvalue weighted by molar-refractivity contribution is 5.95. The van der Waals surface area contributed by atoms with Crippen LogP contribution in [0, 0.1) is 6.92 Å². The van der Waals surface area contributed by atoms with E-state index in [0.717, 1.165) is 11.3 Å². The summed E-state index contributed by atoms with van der Waals surface area (Å²) in [5, 5.41) is 10.5. The van der Waals surface area contributed by atoms with Gasteiger partial charge in [-0.05, 0) is 55.0 Å². The van der Waals surface area contributed by atoms with Gasteiger partial charge in [0, 0.05) is 24.3 Å². The number of alkyl halides is 3. The molecule has 3 heterocycles. The molecule has 1 saturated heterocycles. The molecule has 3 aromatic rings. The van der Waals surface area contributed by atoms with E-state index in [9.17, 15) is 18.0 Å². The molecule has 1 amide bonds. The van der Waals surface area contributed by atoms with Gasteiger partial charge in [0.05, 0.1) is 25.4 Å². The number of carbonyl (C=O) groups is 1. The third-order valence-corrected chi connectivity index (χ3v) is 5.91. The van der Waals surface area contributed by atoms with E-state index in [0.29, 0.717) is 55.7 Å². The van der Waals surface area contributed by atoms with Gasteiger partial charge in [0.25, 0.3) is 11.8 Å². The molecule has 0 atom stereocenters. The molecule has 2 aliphatic rings. The topological polar surface area (TPSA) is 81.4 Å². The Balaban J connectivity index is 1.27. The van der Waals surface area contributed by atoms with Crippen molar-refractivity contribution in [2.24, 2.45) is 5.10 Å². The largest absolute Gasteiger partial charge is 0.573 e. The van der Waals surface area contributed by atoms with Gasteiger partial charge in [-0.3, -0.25) is 9.48 Å². The highest BCUT2D eigenvalue weighted by Gasteiger charge is 2.31. The van der Waals surface area contributed by atoms with E-state index in [1.165, 1.54) is 29.3 Å². The fraction of sp³-hybridized carbons (Fsp3) is 0.320. The van der Waals surface area contributed by atoms with E-state index < -0.39 is 6.36 Å². The molecule has 2 aromatic carbocycles. The minimum Gasteiger partial charge on any atom is -0.452 e. The number of hydrogen-bond donors (Lipinski definition) is 0. The summed E-state index contributed by atoms with van der Waals surface area (Å²) in [4.78, 5) is 14.6. The van der Waals surface area contributed by atoms with E-state index in [2.05, 4.69) is 14.9 Å². The molecule has 0 unspecified atom stereocenters. The zero-order chi connectivity index (χ0) is 26.0. The summed E-state index contributed by atoms with van der Waals surface area (Å²) in [5.41, 5.74) is 3.49. The van der Waals surface area contributed by atoms with Crippen LogP contribution in [0.3, 0.4) is 0 Å². The molecule has 37 heavy (non-hydrogen) atoms. The number of benzene rings is 2. The van der Waals surface area contributed by atoms with Gasteiger partial charge in [-0.1, -0.05) is 12.1 Å².